The summed E-state index contributed by atoms with van der Waals surface area (Å²) in [4.78, 5) is 12.7. The second kappa shape index (κ2) is 5.64. The molecular formula is C15H12BrN3O. The van der Waals surface area contributed by atoms with Gasteiger partial charge in [-0.05, 0) is 33.6 Å². The van der Waals surface area contributed by atoms with Crippen LogP contribution in [-0.2, 0) is 6.42 Å². The van der Waals surface area contributed by atoms with Gasteiger partial charge >= 0.3 is 0 Å². The lowest BCUT2D eigenvalue weighted by Gasteiger charge is -2.12. The Balaban J connectivity index is 1.94. The largest absolute Gasteiger partial charge is 0.388 e. The molecule has 3 rings (SSSR count). The molecule has 4 nitrogen and oxygen atoms in total. The number of aromatic nitrogens is 3. The van der Waals surface area contributed by atoms with Gasteiger partial charge in [-0.25, -0.2) is 0 Å². The van der Waals surface area contributed by atoms with Gasteiger partial charge in [0.15, 0.2) is 0 Å². The first-order valence-electron chi connectivity index (χ1n) is 6.21. The van der Waals surface area contributed by atoms with E-state index in [1.807, 2.05) is 24.3 Å². The molecule has 100 valence electrons. The number of aliphatic hydroxyl groups excluding tert-OH is 1. The molecule has 0 spiro atoms. The number of hydrogen-bond acceptors (Lipinski definition) is 4. The highest BCUT2D eigenvalue weighted by Gasteiger charge is 2.13. The Bertz CT molecular complexity index is 743. The highest BCUT2D eigenvalue weighted by atomic mass is 79.9. The number of benzene rings is 1. The summed E-state index contributed by atoms with van der Waals surface area (Å²) in [5.41, 5.74) is 3.28. The van der Waals surface area contributed by atoms with Gasteiger partial charge in [-0.1, -0.05) is 12.1 Å². The third-order valence-electron chi connectivity index (χ3n) is 3.08. The molecule has 20 heavy (non-hydrogen) atoms. The summed E-state index contributed by atoms with van der Waals surface area (Å²) in [5, 5.41) is 10.5. The second-order valence-corrected chi connectivity index (χ2v) is 5.42. The van der Waals surface area contributed by atoms with Crippen LogP contribution in [0, 0.1) is 0 Å². The second-order valence-electron chi connectivity index (χ2n) is 4.50. The SMILES string of the molecule is OC(Cc1cncc(Br)c1)c1cccc2nccnc12. The zero-order valence-corrected chi connectivity index (χ0v) is 12.2. The van der Waals surface area contributed by atoms with Gasteiger partial charge in [-0.2, -0.15) is 0 Å². The molecule has 2 heterocycles. The van der Waals surface area contributed by atoms with Gasteiger partial charge in [0.05, 0.1) is 17.1 Å². The van der Waals surface area contributed by atoms with E-state index in [2.05, 4.69) is 30.9 Å². The predicted octanol–water partition coefficient (Wildman–Crippen LogP) is 3.06. The number of hydrogen-bond donors (Lipinski definition) is 1. The standard InChI is InChI=1S/C15H12BrN3O/c16-11-6-10(8-17-9-11)7-14(20)12-2-1-3-13-15(12)19-5-4-18-13/h1-6,8-9,14,20H,7H2. The van der Waals surface area contributed by atoms with Crippen LogP contribution in [0.25, 0.3) is 11.0 Å². The van der Waals surface area contributed by atoms with Gasteiger partial charge in [-0.15, -0.1) is 0 Å². The van der Waals surface area contributed by atoms with Crippen LogP contribution in [0.3, 0.4) is 0 Å². The molecular weight excluding hydrogens is 318 g/mol. The van der Waals surface area contributed by atoms with Crippen molar-refractivity contribution in [2.75, 3.05) is 0 Å². The fraction of sp³-hybridized carbons (Fsp3) is 0.133. The zero-order valence-electron chi connectivity index (χ0n) is 10.6. The molecule has 0 bridgehead atoms. The molecule has 3 aromatic rings. The van der Waals surface area contributed by atoms with Crippen molar-refractivity contribution in [3.05, 3.63) is 64.7 Å². The summed E-state index contributed by atoms with van der Waals surface area (Å²) in [6.45, 7) is 0. The number of fused-ring (bicyclic) bond motifs is 1. The van der Waals surface area contributed by atoms with Gasteiger partial charge in [-0.3, -0.25) is 15.0 Å². The Morgan fingerprint density at radius 1 is 1.15 bits per heavy atom. The Hall–Kier alpha value is -1.85. The van der Waals surface area contributed by atoms with Crippen LogP contribution in [0.1, 0.15) is 17.2 Å². The summed E-state index contributed by atoms with van der Waals surface area (Å²) in [6.07, 6.45) is 6.62. The third kappa shape index (κ3) is 2.69. The average molecular weight is 330 g/mol. The van der Waals surface area contributed by atoms with Crippen molar-refractivity contribution in [1.29, 1.82) is 0 Å². The molecule has 0 amide bonds. The van der Waals surface area contributed by atoms with Crippen molar-refractivity contribution >= 4 is 27.0 Å². The van der Waals surface area contributed by atoms with Crippen LogP contribution in [0.5, 0.6) is 0 Å². The Morgan fingerprint density at radius 3 is 2.85 bits per heavy atom. The first-order chi connectivity index (χ1) is 9.74. The minimum Gasteiger partial charge on any atom is -0.388 e. The molecule has 0 saturated carbocycles. The molecule has 0 saturated heterocycles. The van der Waals surface area contributed by atoms with Crippen LogP contribution in [0.15, 0.2) is 53.5 Å². The molecule has 0 aliphatic rings. The number of nitrogens with zero attached hydrogens (tertiary/aromatic N) is 3. The molecule has 1 N–H and O–H groups in total. The molecule has 1 atom stereocenters. The van der Waals surface area contributed by atoms with Crippen LogP contribution < -0.4 is 0 Å². The molecule has 0 radical (unpaired) electrons. The van der Waals surface area contributed by atoms with Crippen molar-refractivity contribution in [2.45, 2.75) is 12.5 Å². The van der Waals surface area contributed by atoms with Gasteiger partial charge in [0.25, 0.3) is 0 Å². The summed E-state index contributed by atoms with van der Waals surface area (Å²) in [6, 6.07) is 7.61. The van der Waals surface area contributed by atoms with Crippen LogP contribution in [0.4, 0.5) is 0 Å². The van der Waals surface area contributed by atoms with E-state index in [1.165, 1.54) is 0 Å². The topological polar surface area (TPSA) is 58.9 Å². The molecule has 0 aliphatic heterocycles. The number of aliphatic hydroxyl groups is 1. The maximum Gasteiger partial charge on any atom is 0.0944 e. The highest BCUT2D eigenvalue weighted by molar-refractivity contribution is 9.10. The highest BCUT2D eigenvalue weighted by Crippen LogP contribution is 2.24. The summed E-state index contributed by atoms with van der Waals surface area (Å²) < 4.78 is 0.903. The lowest BCUT2D eigenvalue weighted by molar-refractivity contribution is 0.179. The van der Waals surface area contributed by atoms with E-state index in [4.69, 9.17) is 0 Å². The van der Waals surface area contributed by atoms with Crippen molar-refractivity contribution < 1.29 is 5.11 Å². The lowest BCUT2D eigenvalue weighted by Crippen LogP contribution is -2.04. The predicted molar refractivity (Wildman–Crippen MR) is 80.1 cm³/mol. The smallest absolute Gasteiger partial charge is 0.0944 e. The van der Waals surface area contributed by atoms with E-state index in [9.17, 15) is 5.11 Å². The summed E-state index contributed by atoms with van der Waals surface area (Å²) >= 11 is 3.38. The maximum absolute atomic E-state index is 10.5. The zero-order chi connectivity index (χ0) is 13.9. The van der Waals surface area contributed by atoms with Gasteiger partial charge in [0.2, 0.25) is 0 Å². The number of rotatable bonds is 3. The van der Waals surface area contributed by atoms with Crippen molar-refractivity contribution in [2.24, 2.45) is 0 Å². The molecule has 1 unspecified atom stereocenters. The van der Waals surface area contributed by atoms with Crippen molar-refractivity contribution in [3.63, 3.8) is 0 Å². The minimum atomic E-state index is -0.633. The molecule has 0 aliphatic carbocycles. The van der Waals surface area contributed by atoms with Crippen molar-refractivity contribution in [1.82, 2.24) is 15.0 Å². The summed E-state index contributed by atoms with van der Waals surface area (Å²) in [5.74, 6) is 0. The third-order valence-corrected chi connectivity index (χ3v) is 3.51. The van der Waals surface area contributed by atoms with Crippen LogP contribution >= 0.6 is 15.9 Å². The number of halogens is 1. The quantitative estimate of drug-likeness (QED) is 0.802. The normalized spacial score (nSPS) is 12.5. The Morgan fingerprint density at radius 2 is 2.00 bits per heavy atom. The van der Waals surface area contributed by atoms with Gasteiger partial charge in [0, 0.05) is 41.2 Å². The monoisotopic (exact) mass is 329 g/mol. The molecule has 1 aromatic carbocycles. The Kier molecular flexibility index (Phi) is 3.71. The lowest BCUT2D eigenvalue weighted by atomic mass is 10.0. The first kappa shape index (κ1) is 13.1. The van der Waals surface area contributed by atoms with Gasteiger partial charge < -0.3 is 5.11 Å². The summed E-state index contributed by atoms with van der Waals surface area (Å²) in [7, 11) is 0. The minimum absolute atomic E-state index is 0.488. The van der Waals surface area contributed by atoms with E-state index in [-0.39, 0.29) is 0 Å². The van der Waals surface area contributed by atoms with Crippen LogP contribution in [-0.4, -0.2) is 20.1 Å². The fourth-order valence-electron chi connectivity index (χ4n) is 2.18. The fourth-order valence-corrected chi connectivity index (χ4v) is 2.60. The maximum atomic E-state index is 10.5. The van der Waals surface area contributed by atoms with E-state index >= 15 is 0 Å². The number of pyridine rings is 1. The van der Waals surface area contributed by atoms with E-state index in [0.717, 1.165) is 26.6 Å². The molecule has 2 aromatic heterocycles. The average Bonchev–Trinajstić information content (AvgIpc) is 2.46. The van der Waals surface area contributed by atoms with E-state index in [0.29, 0.717) is 6.42 Å². The van der Waals surface area contributed by atoms with Crippen molar-refractivity contribution in [3.8, 4) is 0 Å². The number of para-hydroxylation sites is 1. The molecule has 5 heteroatoms. The van der Waals surface area contributed by atoms with E-state index in [1.54, 1.807) is 24.8 Å². The van der Waals surface area contributed by atoms with Crippen LogP contribution in [0.2, 0.25) is 0 Å². The van der Waals surface area contributed by atoms with E-state index < -0.39 is 6.10 Å². The molecule has 0 fully saturated rings. The van der Waals surface area contributed by atoms with Gasteiger partial charge in [0.1, 0.15) is 0 Å². The first-order valence-corrected chi connectivity index (χ1v) is 7.00. The Labute approximate surface area is 124 Å².